The summed E-state index contributed by atoms with van der Waals surface area (Å²) < 4.78 is 27.1. The van der Waals surface area contributed by atoms with Gasteiger partial charge in [-0.25, -0.2) is 13.4 Å². The van der Waals surface area contributed by atoms with Crippen molar-refractivity contribution >= 4 is 27.4 Å². The molecule has 1 fully saturated rings. The van der Waals surface area contributed by atoms with Crippen molar-refractivity contribution in [1.82, 2.24) is 9.29 Å². The van der Waals surface area contributed by atoms with Crippen molar-refractivity contribution in [1.29, 1.82) is 0 Å². The van der Waals surface area contributed by atoms with E-state index in [1.807, 2.05) is 13.8 Å². The largest absolute Gasteiger partial charge is 0.369 e. The molecule has 21 heavy (non-hydrogen) atoms. The van der Waals surface area contributed by atoms with Crippen molar-refractivity contribution in [2.24, 2.45) is 5.92 Å². The third-order valence-electron chi connectivity index (χ3n) is 4.08. The van der Waals surface area contributed by atoms with E-state index >= 15 is 0 Å². The summed E-state index contributed by atoms with van der Waals surface area (Å²) >= 11 is 6.11. The number of sulfonamides is 1. The molecule has 2 rings (SSSR count). The Kier molecular flexibility index (Phi) is 5.11. The first-order valence-corrected chi connectivity index (χ1v) is 9.11. The maximum atomic E-state index is 12.8. The first kappa shape index (κ1) is 16.5. The van der Waals surface area contributed by atoms with Gasteiger partial charge in [-0.15, -0.1) is 0 Å². The summed E-state index contributed by atoms with van der Waals surface area (Å²) in [5.41, 5.74) is 0. The number of nitrogens with one attached hydrogen (secondary N) is 1. The molecule has 1 saturated heterocycles. The highest BCUT2D eigenvalue weighted by molar-refractivity contribution is 7.89. The Hall–Kier alpha value is -0.850. The summed E-state index contributed by atoms with van der Waals surface area (Å²) in [5.74, 6) is 0.871. The maximum Gasteiger partial charge on any atom is 0.244 e. The van der Waals surface area contributed by atoms with E-state index in [-0.39, 0.29) is 10.9 Å². The Bertz CT molecular complexity index is 606. The molecule has 5 nitrogen and oxygen atoms in total. The van der Waals surface area contributed by atoms with Crippen molar-refractivity contribution in [3.05, 3.63) is 17.3 Å². The highest BCUT2D eigenvalue weighted by Gasteiger charge is 2.34. The highest BCUT2D eigenvalue weighted by atomic mass is 35.5. The average molecular weight is 332 g/mol. The molecule has 2 heterocycles. The molecule has 118 valence electrons. The topological polar surface area (TPSA) is 62.3 Å². The van der Waals surface area contributed by atoms with Crippen molar-refractivity contribution in [2.75, 3.05) is 18.4 Å². The van der Waals surface area contributed by atoms with Gasteiger partial charge in [-0.3, -0.25) is 0 Å². The van der Waals surface area contributed by atoms with E-state index in [0.717, 1.165) is 12.8 Å². The number of hydrogen-bond donors (Lipinski definition) is 1. The van der Waals surface area contributed by atoms with Gasteiger partial charge < -0.3 is 5.32 Å². The minimum absolute atomic E-state index is 0.00373. The summed E-state index contributed by atoms with van der Waals surface area (Å²) in [7, 11) is -3.54. The fourth-order valence-electron chi connectivity index (χ4n) is 2.63. The van der Waals surface area contributed by atoms with Gasteiger partial charge >= 0.3 is 0 Å². The molecule has 0 aliphatic carbocycles. The number of hydrogen-bond acceptors (Lipinski definition) is 4. The standard InChI is InChI=1S/C14H22ClN3O2S/c1-4-16-14-13(15)8-12(9-17-14)21(19,20)18-7-5-6-10(2)11(18)3/h8-11H,4-7H2,1-3H3,(H,16,17). The molecule has 1 aromatic rings. The van der Waals surface area contributed by atoms with Crippen molar-refractivity contribution in [2.45, 2.75) is 44.6 Å². The second-order valence-electron chi connectivity index (χ2n) is 5.51. The fraction of sp³-hybridized carbons (Fsp3) is 0.643. The minimum Gasteiger partial charge on any atom is -0.369 e. The first-order chi connectivity index (χ1) is 9.87. The van der Waals surface area contributed by atoms with Crippen LogP contribution >= 0.6 is 11.6 Å². The summed E-state index contributed by atoms with van der Waals surface area (Å²) in [6, 6.07) is 1.48. The Labute approximate surface area is 131 Å². The van der Waals surface area contributed by atoms with Crippen LogP contribution in [0.15, 0.2) is 17.2 Å². The van der Waals surface area contributed by atoms with Crippen LogP contribution in [0.2, 0.25) is 5.02 Å². The van der Waals surface area contributed by atoms with Crippen LogP contribution in [0.5, 0.6) is 0 Å². The summed E-state index contributed by atoms with van der Waals surface area (Å²) in [4.78, 5) is 4.29. The van der Waals surface area contributed by atoms with E-state index in [9.17, 15) is 8.42 Å². The van der Waals surface area contributed by atoms with E-state index in [1.165, 1.54) is 12.3 Å². The first-order valence-electron chi connectivity index (χ1n) is 7.29. The summed E-state index contributed by atoms with van der Waals surface area (Å²) in [6.45, 7) is 7.22. The SMILES string of the molecule is CCNc1ncc(S(=O)(=O)N2CCCC(C)C2C)cc1Cl. The van der Waals surface area contributed by atoms with Gasteiger partial charge in [0.15, 0.2) is 0 Å². The second-order valence-corrected chi connectivity index (χ2v) is 7.81. The van der Waals surface area contributed by atoms with Gasteiger partial charge in [0.2, 0.25) is 10.0 Å². The van der Waals surface area contributed by atoms with Crippen molar-refractivity contribution < 1.29 is 8.42 Å². The lowest BCUT2D eigenvalue weighted by molar-refractivity contribution is 0.202. The number of rotatable bonds is 4. The summed E-state index contributed by atoms with van der Waals surface area (Å²) in [5, 5.41) is 3.33. The monoisotopic (exact) mass is 331 g/mol. The van der Waals surface area contributed by atoms with Crippen LogP contribution in [0.1, 0.15) is 33.6 Å². The number of anilines is 1. The quantitative estimate of drug-likeness (QED) is 0.921. The van der Waals surface area contributed by atoms with Crippen LogP contribution in [0, 0.1) is 5.92 Å². The molecule has 2 unspecified atom stereocenters. The van der Waals surface area contributed by atoms with E-state index < -0.39 is 10.0 Å². The second kappa shape index (κ2) is 6.50. The molecular weight excluding hydrogens is 310 g/mol. The Morgan fingerprint density at radius 3 is 2.81 bits per heavy atom. The molecule has 1 aliphatic heterocycles. The van der Waals surface area contributed by atoms with Gasteiger partial charge in [0.25, 0.3) is 0 Å². The van der Waals surface area contributed by atoms with E-state index in [0.29, 0.717) is 29.8 Å². The lowest BCUT2D eigenvalue weighted by Gasteiger charge is -2.36. The Morgan fingerprint density at radius 2 is 2.19 bits per heavy atom. The van der Waals surface area contributed by atoms with Crippen molar-refractivity contribution in [3.8, 4) is 0 Å². The average Bonchev–Trinajstić information content (AvgIpc) is 2.44. The molecule has 0 bridgehead atoms. The smallest absolute Gasteiger partial charge is 0.244 e. The van der Waals surface area contributed by atoms with Gasteiger partial charge in [-0.05, 0) is 38.7 Å². The molecule has 7 heteroatoms. The van der Waals surface area contributed by atoms with Crippen LogP contribution in [0.3, 0.4) is 0 Å². The van der Waals surface area contributed by atoms with Gasteiger partial charge in [0, 0.05) is 25.3 Å². The van der Waals surface area contributed by atoms with E-state index in [4.69, 9.17) is 11.6 Å². The van der Waals surface area contributed by atoms with Gasteiger partial charge in [0.1, 0.15) is 10.7 Å². The van der Waals surface area contributed by atoms with Gasteiger partial charge in [-0.1, -0.05) is 18.5 Å². The number of nitrogens with zero attached hydrogens (tertiary/aromatic N) is 2. The number of piperidine rings is 1. The molecule has 1 N–H and O–H groups in total. The number of aromatic nitrogens is 1. The lowest BCUT2D eigenvalue weighted by Crippen LogP contribution is -2.45. The zero-order valence-corrected chi connectivity index (χ0v) is 14.2. The predicted molar refractivity (Wildman–Crippen MR) is 85.2 cm³/mol. The normalized spacial score (nSPS) is 24.0. The Morgan fingerprint density at radius 1 is 1.48 bits per heavy atom. The minimum atomic E-state index is -3.54. The van der Waals surface area contributed by atoms with Crippen LogP contribution in [-0.4, -0.2) is 36.8 Å². The summed E-state index contributed by atoms with van der Waals surface area (Å²) in [6.07, 6.45) is 3.33. The number of pyridine rings is 1. The predicted octanol–water partition coefficient (Wildman–Crippen LogP) is 2.98. The zero-order chi connectivity index (χ0) is 15.6. The third-order valence-corrected chi connectivity index (χ3v) is 6.32. The maximum absolute atomic E-state index is 12.8. The molecule has 2 atom stereocenters. The van der Waals surface area contributed by atoms with E-state index in [1.54, 1.807) is 4.31 Å². The number of halogens is 1. The molecular formula is C14H22ClN3O2S. The Balaban J connectivity index is 2.33. The fourth-order valence-corrected chi connectivity index (χ4v) is 4.67. The van der Waals surface area contributed by atoms with Crippen LogP contribution in [0.4, 0.5) is 5.82 Å². The molecule has 0 radical (unpaired) electrons. The molecule has 0 saturated carbocycles. The molecule has 0 amide bonds. The third kappa shape index (κ3) is 3.33. The highest BCUT2D eigenvalue weighted by Crippen LogP contribution is 2.30. The molecule has 1 aliphatic rings. The zero-order valence-electron chi connectivity index (χ0n) is 12.6. The van der Waals surface area contributed by atoms with Crippen molar-refractivity contribution in [3.63, 3.8) is 0 Å². The van der Waals surface area contributed by atoms with Crippen LogP contribution in [0.25, 0.3) is 0 Å². The molecule has 0 aromatic carbocycles. The lowest BCUT2D eigenvalue weighted by atomic mass is 9.94. The van der Waals surface area contributed by atoms with Crippen LogP contribution in [-0.2, 0) is 10.0 Å². The molecule has 1 aromatic heterocycles. The van der Waals surface area contributed by atoms with Gasteiger partial charge in [-0.2, -0.15) is 4.31 Å². The molecule has 0 spiro atoms. The van der Waals surface area contributed by atoms with E-state index in [2.05, 4.69) is 17.2 Å². The van der Waals surface area contributed by atoms with Gasteiger partial charge in [0.05, 0.1) is 5.02 Å². The van der Waals surface area contributed by atoms with Crippen LogP contribution < -0.4 is 5.32 Å².